The molecule has 0 aromatic heterocycles. The third kappa shape index (κ3) is 3.33. The van der Waals surface area contributed by atoms with Gasteiger partial charge in [0.05, 0.1) is 0 Å². The lowest BCUT2D eigenvalue weighted by molar-refractivity contribution is -0.136. The molecule has 7 heteroatoms. The second kappa shape index (κ2) is 7.24. The highest BCUT2D eigenvalue weighted by atomic mass is 16.2. The summed E-state index contributed by atoms with van der Waals surface area (Å²) < 4.78 is 0. The zero-order chi connectivity index (χ0) is 19.7. The minimum Gasteiger partial charge on any atom is -0.319 e. The molecule has 28 heavy (non-hydrogen) atoms. The van der Waals surface area contributed by atoms with Crippen molar-refractivity contribution in [1.29, 1.82) is 0 Å². The van der Waals surface area contributed by atoms with E-state index in [4.69, 9.17) is 0 Å². The highest BCUT2D eigenvalue weighted by molar-refractivity contribution is 6.09. The number of carbonyl (C=O) groups is 3. The number of hydrazine groups is 1. The summed E-state index contributed by atoms with van der Waals surface area (Å²) in [6, 6.07) is 13.0. The molecule has 2 aromatic carbocycles. The SMILES string of the molecule is C[C@]1(c2ccc3ccccc3c2)NC(=O)N(CC(=O)NN2CCCCC2)C1=O. The number of benzene rings is 2. The van der Waals surface area contributed by atoms with E-state index in [2.05, 4.69) is 10.7 Å². The van der Waals surface area contributed by atoms with Crippen molar-refractivity contribution in [3.8, 4) is 0 Å². The first-order valence-corrected chi connectivity index (χ1v) is 9.65. The van der Waals surface area contributed by atoms with Crippen molar-refractivity contribution in [3.63, 3.8) is 0 Å². The third-order valence-electron chi connectivity index (χ3n) is 5.54. The third-order valence-corrected chi connectivity index (χ3v) is 5.54. The van der Waals surface area contributed by atoms with Gasteiger partial charge >= 0.3 is 6.03 Å². The Morgan fingerprint density at radius 2 is 1.79 bits per heavy atom. The van der Waals surface area contributed by atoms with Crippen molar-refractivity contribution < 1.29 is 14.4 Å². The summed E-state index contributed by atoms with van der Waals surface area (Å²) in [6.45, 7) is 2.98. The van der Waals surface area contributed by atoms with Crippen molar-refractivity contribution in [2.75, 3.05) is 19.6 Å². The number of rotatable bonds is 4. The quantitative estimate of drug-likeness (QED) is 0.796. The van der Waals surface area contributed by atoms with Crippen LogP contribution < -0.4 is 10.7 Å². The summed E-state index contributed by atoms with van der Waals surface area (Å²) in [5, 5.41) is 6.67. The van der Waals surface area contributed by atoms with Crippen LogP contribution in [0, 0.1) is 0 Å². The summed E-state index contributed by atoms with van der Waals surface area (Å²) in [6.07, 6.45) is 3.22. The average molecular weight is 380 g/mol. The van der Waals surface area contributed by atoms with E-state index in [1.165, 1.54) is 0 Å². The number of fused-ring (bicyclic) bond motifs is 1. The van der Waals surface area contributed by atoms with Gasteiger partial charge in [0.2, 0.25) is 0 Å². The van der Waals surface area contributed by atoms with Gasteiger partial charge in [-0.05, 0) is 42.2 Å². The molecule has 2 aliphatic heterocycles. The first-order chi connectivity index (χ1) is 13.5. The Kier molecular flexibility index (Phi) is 4.77. The van der Waals surface area contributed by atoms with Crippen LogP contribution in [0.2, 0.25) is 0 Å². The largest absolute Gasteiger partial charge is 0.325 e. The highest BCUT2D eigenvalue weighted by Crippen LogP contribution is 2.30. The molecule has 2 saturated heterocycles. The number of urea groups is 1. The Morgan fingerprint density at radius 3 is 2.54 bits per heavy atom. The van der Waals surface area contributed by atoms with E-state index >= 15 is 0 Å². The molecule has 146 valence electrons. The van der Waals surface area contributed by atoms with E-state index in [9.17, 15) is 14.4 Å². The molecule has 0 saturated carbocycles. The first kappa shape index (κ1) is 18.4. The molecule has 0 unspecified atom stereocenters. The monoisotopic (exact) mass is 380 g/mol. The van der Waals surface area contributed by atoms with Crippen molar-refractivity contribution in [1.82, 2.24) is 20.7 Å². The Morgan fingerprint density at radius 1 is 1.07 bits per heavy atom. The van der Waals surface area contributed by atoms with Crippen LogP contribution in [0.3, 0.4) is 0 Å². The van der Waals surface area contributed by atoms with Crippen LogP contribution in [0.5, 0.6) is 0 Å². The molecule has 0 bridgehead atoms. The Hall–Kier alpha value is -2.93. The molecule has 4 amide bonds. The summed E-state index contributed by atoms with van der Waals surface area (Å²) in [4.78, 5) is 38.9. The van der Waals surface area contributed by atoms with Crippen LogP contribution in [0.15, 0.2) is 42.5 Å². The van der Waals surface area contributed by atoms with Crippen molar-refractivity contribution in [3.05, 3.63) is 48.0 Å². The highest BCUT2D eigenvalue weighted by Gasteiger charge is 2.49. The van der Waals surface area contributed by atoms with Crippen LogP contribution in [-0.2, 0) is 15.1 Å². The minimum absolute atomic E-state index is 0.287. The van der Waals surface area contributed by atoms with Crippen molar-refractivity contribution in [2.24, 2.45) is 0 Å². The van der Waals surface area contributed by atoms with Gasteiger partial charge in [-0.2, -0.15) is 0 Å². The average Bonchev–Trinajstić information content (AvgIpc) is 2.92. The number of nitrogens with one attached hydrogen (secondary N) is 2. The fourth-order valence-electron chi connectivity index (χ4n) is 3.90. The zero-order valence-corrected chi connectivity index (χ0v) is 15.9. The number of carbonyl (C=O) groups excluding carboxylic acids is 3. The van der Waals surface area contributed by atoms with E-state index in [1.807, 2.05) is 47.5 Å². The van der Waals surface area contributed by atoms with Crippen LogP contribution in [0.4, 0.5) is 4.79 Å². The van der Waals surface area contributed by atoms with E-state index in [0.29, 0.717) is 5.56 Å². The number of amides is 4. The maximum absolute atomic E-state index is 13.1. The number of nitrogens with zero attached hydrogens (tertiary/aromatic N) is 2. The van der Waals surface area contributed by atoms with Crippen LogP contribution in [0.25, 0.3) is 10.8 Å². The predicted octanol–water partition coefficient (Wildman–Crippen LogP) is 2.12. The Bertz CT molecular complexity index is 938. The zero-order valence-electron chi connectivity index (χ0n) is 15.9. The molecule has 0 aliphatic carbocycles. The van der Waals surface area contributed by atoms with E-state index in [0.717, 1.165) is 48.0 Å². The Balaban J connectivity index is 1.51. The molecule has 1 atom stereocenters. The molecule has 0 radical (unpaired) electrons. The lowest BCUT2D eigenvalue weighted by Gasteiger charge is -2.27. The van der Waals surface area contributed by atoms with Gasteiger partial charge < -0.3 is 5.32 Å². The molecule has 2 N–H and O–H groups in total. The number of piperidine rings is 1. The summed E-state index contributed by atoms with van der Waals surface area (Å²) >= 11 is 0. The molecule has 2 aromatic rings. The summed E-state index contributed by atoms with van der Waals surface area (Å²) in [5.41, 5.74) is 2.31. The van der Waals surface area contributed by atoms with E-state index < -0.39 is 17.5 Å². The summed E-state index contributed by atoms with van der Waals surface area (Å²) in [5.74, 6) is -0.769. The van der Waals surface area contributed by atoms with Crippen LogP contribution in [0.1, 0.15) is 31.7 Å². The van der Waals surface area contributed by atoms with Crippen molar-refractivity contribution in [2.45, 2.75) is 31.7 Å². The predicted molar refractivity (Wildman–Crippen MR) is 105 cm³/mol. The second-order valence-corrected chi connectivity index (χ2v) is 7.59. The second-order valence-electron chi connectivity index (χ2n) is 7.59. The van der Waals surface area contributed by atoms with Gasteiger partial charge in [-0.15, -0.1) is 0 Å². The molecular formula is C21H24N4O3. The lowest BCUT2D eigenvalue weighted by atomic mass is 9.90. The molecular weight excluding hydrogens is 356 g/mol. The van der Waals surface area contributed by atoms with E-state index in [-0.39, 0.29) is 12.5 Å². The smallest absolute Gasteiger partial charge is 0.319 e. The molecule has 2 aliphatic rings. The number of hydrogen-bond acceptors (Lipinski definition) is 4. The van der Waals surface area contributed by atoms with Gasteiger partial charge in [-0.1, -0.05) is 42.8 Å². The summed E-state index contributed by atoms with van der Waals surface area (Å²) in [7, 11) is 0. The maximum atomic E-state index is 13.1. The molecule has 4 rings (SSSR count). The van der Waals surface area contributed by atoms with Crippen molar-refractivity contribution >= 4 is 28.6 Å². The van der Waals surface area contributed by atoms with Gasteiger partial charge in [0.25, 0.3) is 11.8 Å². The molecule has 2 fully saturated rings. The van der Waals surface area contributed by atoms with E-state index in [1.54, 1.807) is 6.92 Å². The van der Waals surface area contributed by atoms with Gasteiger partial charge in [-0.25, -0.2) is 9.80 Å². The maximum Gasteiger partial charge on any atom is 0.325 e. The number of hydrogen-bond donors (Lipinski definition) is 2. The van der Waals surface area contributed by atoms with Crippen LogP contribution >= 0.6 is 0 Å². The van der Waals surface area contributed by atoms with Gasteiger partial charge in [0.1, 0.15) is 12.1 Å². The topological polar surface area (TPSA) is 81.8 Å². The lowest BCUT2D eigenvalue weighted by Crippen LogP contribution is -2.50. The fourth-order valence-corrected chi connectivity index (χ4v) is 3.90. The van der Waals surface area contributed by atoms with Gasteiger partial charge in [0, 0.05) is 13.1 Å². The van der Waals surface area contributed by atoms with Crippen LogP contribution in [-0.4, -0.2) is 47.4 Å². The Labute approximate surface area is 163 Å². The minimum atomic E-state index is -1.19. The molecule has 2 heterocycles. The molecule has 7 nitrogen and oxygen atoms in total. The first-order valence-electron chi connectivity index (χ1n) is 9.65. The normalized spacial score (nSPS) is 23.1. The molecule has 0 spiro atoms. The van der Waals surface area contributed by atoms with Gasteiger partial charge in [-0.3, -0.25) is 19.9 Å². The van der Waals surface area contributed by atoms with Gasteiger partial charge in [0.15, 0.2) is 0 Å². The number of imide groups is 1. The standard InChI is InChI=1S/C21H24N4O3/c1-21(17-10-9-15-7-3-4-8-16(15)13-17)19(27)25(20(28)22-21)14-18(26)23-24-11-5-2-6-12-24/h3-4,7-10,13H,2,5-6,11-12,14H2,1H3,(H,22,28)(H,23,26)/t21-/m1/s1. The fraction of sp³-hybridized carbons (Fsp3) is 0.381.